The summed E-state index contributed by atoms with van der Waals surface area (Å²) in [4.78, 5) is 16.8. The number of hydrogen-bond donors (Lipinski definition) is 1. The van der Waals surface area contributed by atoms with E-state index in [0.29, 0.717) is 18.9 Å². The molecule has 0 spiro atoms. The molecule has 1 N–H and O–H groups in total. The Kier molecular flexibility index (Phi) is 4.87. The van der Waals surface area contributed by atoms with Crippen LogP contribution in [-0.2, 0) is 9.53 Å². The van der Waals surface area contributed by atoms with Crippen molar-refractivity contribution in [3.63, 3.8) is 0 Å². The van der Waals surface area contributed by atoms with Crippen molar-refractivity contribution in [2.75, 3.05) is 34.4 Å². The highest BCUT2D eigenvalue weighted by atomic mass is 16.5. The van der Waals surface area contributed by atoms with Crippen LogP contribution in [0.1, 0.15) is 25.7 Å². The summed E-state index contributed by atoms with van der Waals surface area (Å²) in [6, 6.07) is 0. The van der Waals surface area contributed by atoms with Gasteiger partial charge >= 0.3 is 0 Å². The van der Waals surface area contributed by atoms with Gasteiger partial charge in [-0.05, 0) is 50.1 Å². The molecule has 1 atom stereocenters. The third-order valence-electron chi connectivity index (χ3n) is 4.91. The molecule has 0 saturated heterocycles. The summed E-state index contributed by atoms with van der Waals surface area (Å²) in [7, 11) is 5.84. The van der Waals surface area contributed by atoms with Gasteiger partial charge in [0, 0.05) is 38.0 Å². The zero-order valence-electron chi connectivity index (χ0n) is 14.3. The third-order valence-corrected chi connectivity index (χ3v) is 4.91. The van der Waals surface area contributed by atoms with E-state index in [-0.39, 0.29) is 12.1 Å². The van der Waals surface area contributed by atoms with Crippen molar-refractivity contribution in [3.8, 4) is 0 Å². The summed E-state index contributed by atoms with van der Waals surface area (Å²) in [5.41, 5.74) is 3.55. The van der Waals surface area contributed by atoms with Crippen molar-refractivity contribution in [3.05, 3.63) is 35.2 Å². The van der Waals surface area contributed by atoms with Crippen molar-refractivity contribution in [2.45, 2.75) is 31.8 Å². The van der Waals surface area contributed by atoms with Crippen LogP contribution in [0.2, 0.25) is 0 Å². The van der Waals surface area contributed by atoms with Gasteiger partial charge in [0.2, 0.25) is 0 Å². The van der Waals surface area contributed by atoms with Crippen LogP contribution in [-0.4, -0.2) is 56.2 Å². The summed E-state index contributed by atoms with van der Waals surface area (Å²) in [5, 5.41) is 3.47. The van der Waals surface area contributed by atoms with Crippen molar-refractivity contribution < 1.29 is 9.53 Å². The second-order valence-electron chi connectivity index (χ2n) is 6.86. The Balaban J connectivity index is 1.87. The monoisotopic (exact) mass is 317 g/mol. The van der Waals surface area contributed by atoms with E-state index in [2.05, 4.69) is 30.4 Å². The van der Waals surface area contributed by atoms with Gasteiger partial charge in [0.05, 0.1) is 6.61 Å². The maximum absolute atomic E-state index is 12.7. The Bertz CT molecular complexity index is 559. The van der Waals surface area contributed by atoms with Gasteiger partial charge in [0.25, 0.3) is 5.91 Å². The average molecular weight is 317 g/mol. The quantitative estimate of drug-likeness (QED) is 0.812. The second-order valence-corrected chi connectivity index (χ2v) is 6.86. The molecule has 5 nitrogen and oxygen atoms in total. The Morgan fingerprint density at radius 1 is 1.39 bits per heavy atom. The molecule has 0 aromatic rings. The molecule has 1 amide bonds. The first-order chi connectivity index (χ1) is 11.1. The Hall–Kier alpha value is -1.59. The Morgan fingerprint density at radius 3 is 2.78 bits per heavy atom. The molecular formula is C18H27N3O2. The first-order valence-electron chi connectivity index (χ1n) is 8.44. The molecule has 3 rings (SSSR count). The molecule has 0 bridgehead atoms. The minimum absolute atomic E-state index is 0.0148. The van der Waals surface area contributed by atoms with Gasteiger partial charge in [0.15, 0.2) is 0 Å². The predicted molar refractivity (Wildman–Crippen MR) is 90.4 cm³/mol. The van der Waals surface area contributed by atoms with E-state index in [9.17, 15) is 4.79 Å². The lowest BCUT2D eigenvalue weighted by Gasteiger charge is -2.43. The first kappa shape index (κ1) is 16.3. The van der Waals surface area contributed by atoms with E-state index in [1.807, 2.05) is 17.3 Å². The van der Waals surface area contributed by atoms with Crippen LogP contribution in [0.25, 0.3) is 0 Å². The van der Waals surface area contributed by atoms with Crippen LogP contribution in [0.15, 0.2) is 35.2 Å². The molecule has 0 radical (unpaired) electrons. The van der Waals surface area contributed by atoms with Gasteiger partial charge in [-0.2, -0.15) is 0 Å². The lowest BCUT2D eigenvalue weighted by Crippen LogP contribution is -2.53. The number of nitrogens with one attached hydrogen (secondary N) is 1. The largest absolute Gasteiger partial charge is 0.384 e. The first-order valence-corrected chi connectivity index (χ1v) is 8.44. The number of rotatable bonds is 6. The van der Waals surface area contributed by atoms with Gasteiger partial charge in [0.1, 0.15) is 6.17 Å². The fourth-order valence-corrected chi connectivity index (χ4v) is 3.52. The van der Waals surface area contributed by atoms with Crippen molar-refractivity contribution in [1.29, 1.82) is 0 Å². The van der Waals surface area contributed by atoms with E-state index >= 15 is 0 Å². The number of amides is 1. The third kappa shape index (κ3) is 3.21. The summed E-state index contributed by atoms with van der Waals surface area (Å²) in [6.45, 7) is 1.49. The molecule has 126 valence electrons. The number of methoxy groups -OCH3 is 1. The molecule has 2 aliphatic heterocycles. The molecule has 0 aromatic carbocycles. The Labute approximate surface area is 138 Å². The maximum atomic E-state index is 12.7. The molecule has 1 saturated carbocycles. The van der Waals surface area contributed by atoms with Crippen LogP contribution in [0.5, 0.6) is 0 Å². The topological polar surface area (TPSA) is 44.8 Å². The smallest absolute Gasteiger partial charge is 0.257 e. The van der Waals surface area contributed by atoms with Crippen LogP contribution < -0.4 is 5.32 Å². The Morgan fingerprint density at radius 2 is 2.17 bits per heavy atom. The molecule has 2 heterocycles. The molecule has 0 aromatic heterocycles. The number of hydrogen-bond acceptors (Lipinski definition) is 4. The minimum Gasteiger partial charge on any atom is -0.384 e. The lowest BCUT2D eigenvalue weighted by atomic mass is 9.75. The molecule has 23 heavy (non-hydrogen) atoms. The number of likely N-dealkylation sites (N-methyl/N-ethyl adjacent to an activating group) is 1. The van der Waals surface area contributed by atoms with E-state index in [1.165, 1.54) is 30.4 Å². The molecule has 5 heteroatoms. The normalized spacial score (nSPS) is 24.5. The molecule has 1 aliphatic carbocycles. The predicted octanol–water partition coefficient (Wildman–Crippen LogP) is 1.85. The fourth-order valence-electron chi connectivity index (χ4n) is 3.52. The average Bonchev–Trinajstić information content (AvgIpc) is 2.46. The summed E-state index contributed by atoms with van der Waals surface area (Å²) in [6.07, 6.45) is 10.4. The van der Waals surface area contributed by atoms with Crippen LogP contribution in [0.3, 0.4) is 0 Å². The standard InChI is InChI=1S/C18H27N3O2/c1-20(2)12-15-7-9-21-17(16(15)13-5-4-6-13)19-11-14(18(21)22)8-10-23-3/h7,9,11,13,17,19H,4-6,8,10,12H2,1-3H3. The minimum atomic E-state index is -0.0148. The number of carbonyl (C=O) groups is 1. The SMILES string of the molecule is COCCC1=CNC2C(C3CCC3)=C(CN(C)C)C=CN2C1=O. The van der Waals surface area contributed by atoms with Gasteiger partial charge in [-0.3, -0.25) is 9.69 Å². The van der Waals surface area contributed by atoms with Crippen molar-refractivity contribution >= 4 is 5.91 Å². The molecule has 1 fully saturated rings. The zero-order valence-corrected chi connectivity index (χ0v) is 14.3. The highest BCUT2D eigenvalue weighted by Crippen LogP contribution is 2.40. The molecule has 3 aliphatic rings. The summed E-state index contributed by atoms with van der Waals surface area (Å²) >= 11 is 0. The van der Waals surface area contributed by atoms with Gasteiger partial charge in [-0.25, -0.2) is 0 Å². The number of nitrogens with zero attached hydrogens (tertiary/aromatic N) is 2. The van der Waals surface area contributed by atoms with Gasteiger partial charge in [-0.15, -0.1) is 0 Å². The van der Waals surface area contributed by atoms with Gasteiger partial charge in [-0.1, -0.05) is 6.42 Å². The van der Waals surface area contributed by atoms with E-state index in [0.717, 1.165) is 12.1 Å². The number of fused-ring (bicyclic) bond motifs is 1. The van der Waals surface area contributed by atoms with Crippen molar-refractivity contribution in [1.82, 2.24) is 15.1 Å². The van der Waals surface area contributed by atoms with Crippen molar-refractivity contribution in [2.24, 2.45) is 5.92 Å². The van der Waals surface area contributed by atoms with Crippen LogP contribution in [0.4, 0.5) is 0 Å². The van der Waals surface area contributed by atoms with E-state index in [1.54, 1.807) is 7.11 Å². The highest BCUT2D eigenvalue weighted by Gasteiger charge is 2.38. The molecular weight excluding hydrogens is 290 g/mol. The van der Waals surface area contributed by atoms with E-state index < -0.39 is 0 Å². The summed E-state index contributed by atoms with van der Waals surface area (Å²) in [5.74, 6) is 0.708. The fraction of sp³-hybridized carbons (Fsp3) is 0.611. The maximum Gasteiger partial charge on any atom is 0.257 e. The molecule has 1 unspecified atom stereocenters. The lowest BCUT2D eigenvalue weighted by molar-refractivity contribution is -0.127. The highest BCUT2D eigenvalue weighted by molar-refractivity contribution is 5.95. The second kappa shape index (κ2) is 6.89. The van der Waals surface area contributed by atoms with E-state index in [4.69, 9.17) is 4.74 Å². The van der Waals surface area contributed by atoms with Crippen LogP contribution >= 0.6 is 0 Å². The number of carbonyl (C=O) groups excluding carboxylic acids is 1. The van der Waals surface area contributed by atoms with Gasteiger partial charge < -0.3 is 15.0 Å². The van der Waals surface area contributed by atoms with Crippen LogP contribution in [0, 0.1) is 5.92 Å². The zero-order chi connectivity index (χ0) is 16.4. The summed E-state index contributed by atoms with van der Waals surface area (Å²) < 4.78 is 5.10. The number of ether oxygens (including phenoxy) is 1.